The van der Waals surface area contributed by atoms with Gasteiger partial charge in [0.15, 0.2) is 0 Å². The van der Waals surface area contributed by atoms with Gasteiger partial charge in [-0.15, -0.1) is 6.58 Å². The van der Waals surface area contributed by atoms with Crippen LogP contribution >= 0.6 is 0 Å². The van der Waals surface area contributed by atoms with Crippen LogP contribution in [-0.4, -0.2) is 25.7 Å². The minimum Gasteiger partial charge on any atom is -0.314 e. The highest BCUT2D eigenvalue weighted by molar-refractivity contribution is 4.98. The summed E-state index contributed by atoms with van der Waals surface area (Å²) in [7, 11) is 0. The maximum atomic E-state index is 3.63. The van der Waals surface area contributed by atoms with Crippen molar-refractivity contribution in [2.45, 2.75) is 6.04 Å². The molecule has 1 heterocycles. The van der Waals surface area contributed by atoms with E-state index >= 15 is 0 Å². The molecule has 1 atom stereocenters. The molecule has 2 nitrogen and oxygen atoms in total. The molecular weight excluding hydrogens is 113 g/mol. The normalized spacial score (nSPS) is 27.8. The van der Waals surface area contributed by atoms with Gasteiger partial charge in [-0.3, -0.25) is 0 Å². The van der Waals surface area contributed by atoms with Crippen LogP contribution in [0.2, 0.25) is 0 Å². The van der Waals surface area contributed by atoms with Crippen molar-refractivity contribution >= 4 is 0 Å². The lowest BCUT2D eigenvalue weighted by Crippen LogP contribution is -2.48. The molecule has 2 N–H and O–H groups in total. The van der Waals surface area contributed by atoms with Crippen LogP contribution in [0.1, 0.15) is 0 Å². The maximum absolute atomic E-state index is 3.63. The number of hydrogen-bond donors (Lipinski definition) is 2. The van der Waals surface area contributed by atoms with Crippen LogP contribution in [0.3, 0.4) is 0 Å². The summed E-state index contributed by atoms with van der Waals surface area (Å²) >= 11 is 0. The lowest BCUT2D eigenvalue weighted by molar-refractivity contribution is 0.459. The molecule has 1 radical (unpaired) electrons. The van der Waals surface area contributed by atoms with Gasteiger partial charge in [-0.25, -0.2) is 0 Å². The molecule has 0 amide bonds. The molecular formula is C7H13N2. The van der Waals surface area contributed by atoms with Crippen molar-refractivity contribution in [2.24, 2.45) is 0 Å². The highest BCUT2D eigenvalue weighted by atomic mass is 15.2. The second-order valence-electron chi connectivity index (χ2n) is 2.19. The van der Waals surface area contributed by atoms with E-state index in [-0.39, 0.29) is 0 Å². The maximum Gasteiger partial charge on any atom is 0.0261 e. The van der Waals surface area contributed by atoms with Gasteiger partial charge in [-0.1, -0.05) is 6.08 Å². The molecule has 1 aliphatic rings. The first-order valence-electron chi connectivity index (χ1n) is 3.33. The van der Waals surface area contributed by atoms with Gasteiger partial charge >= 0.3 is 0 Å². The standard InChI is InChI=1S/C7H13N2/c1-2-3-7-6-8-4-5-9-7/h2-3,7-9H,1,4-6H2/i7+1. The molecule has 1 aliphatic heterocycles. The minimum atomic E-state index is 0.497. The van der Waals surface area contributed by atoms with Crippen LogP contribution in [0.15, 0.2) is 12.7 Å². The molecule has 1 saturated heterocycles. The predicted octanol–water partition coefficient (Wildman–Crippen LogP) is -0.0619. The molecule has 0 aromatic heterocycles. The van der Waals surface area contributed by atoms with Crippen molar-refractivity contribution in [2.75, 3.05) is 19.6 Å². The Morgan fingerprint density at radius 2 is 2.33 bits per heavy atom. The van der Waals surface area contributed by atoms with Crippen molar-refractivity contribution in [3.05, 3.63) is 19.1 Å². The Bertz CT molecular complexity index is 84.9. The second-order valence-corrected chi connectivity index (χ2v) is 2.19. The molecule has 1 unspecified atom stereocenters. The van der Waals surface area contributed by atoms with Gasteiger partial charge < -0.3 is 10.6 Å². The summed E-state index contributed by atoms with van der Waals surface area (Å²) in [6, 6.07) is 0.497. The first-order valence-corrected chi connectivity index (χ1v) is 3.33. The lowest BCUT2D eigenvalue weighted by atomic mass is 10.4. The monoisotopic (exact) mass is 126 g/mol. The van der Waals surface area contributed by atoms with Crippen LogP contribution < -0.4 is 10.6 Å². The topological polar surface area (TPSA) is 24.1 Å². The predicted molar refractivity (Wildman–Crippen MR) is 39.2 cm³/mol. The Morgan fingerprint density at radius 3 is 2.89 bits per heavy atom. The van der Waals surface area contributed by atoms with E-state index in [0.717, 1.165) is 19.6 Å². The molecule has 0 saturated carbocycles. The van der Waals surface area contributed by atoms with E-state index in [2.05, 4.69) is 23.6 Å². The minimum absolute atomic E-state index is 0.497. The molecule has 9 heavy (non-hydrogen) atoms. The Hall–Kier alpha value is -0.340. The van der Waals surface area contributed by atoms with Crippen molar-refractivity contribution in [3.63, 3.8) is 0 Å². The molecule has 1 rings (SSSR count). The van der Waals surface area contributed by atoms with Gasteiger partial charge in [0, 0.05) is 32.1 Å². The largest absolute Gasteiger partial charge is 0.314 e. The van der Waals surface area contributed by atoms with E-state index < -0.39 is 0 Å². The van der Waals surface area contributed by atoms with Gasteiger partial charge in [0.1, 0.15) is 0 Å². The summed E-state index contributed by atoms with van der Waals surface area (Å²) in [4.78, 5) is 0. The first kappa shape index (κ1) is 6.78. The van der Waals surface area contributed by atoms with E-state index in [4.69, 9.17) is 0 Å². The van der Waals surface area contributed by atoms with Gasteiger partial charge in [-0.05, 0) is 0 Å². The molecule has 0 aromatic rings. The molecule has 51 valence electrons. The third kappa shape index (κ3) is 2.16. The summed E-state index contributed by atoms with van der Waals surface area (Å²) in [5.74, 6) is 0. The Balaban J connectivity index is 2.15. The summed E-state index contributed by atoms with van der Waals surface area (Å²) in [5, 5.41) is 6.61. The van der Waals surface area contributed by atoms with Crippen LogP contribution in [-0.2, 0) is 0 Å². The average molecular weight is 126 g/mol. The van der Waals surface area contributed by atoms with Crippen LogP contribution in [0.5, 0.6) is 0 Å². The lowest BCUT2D eigenvalue weighted by Gasteiger charge is -2.22. The number of rotatable bonds is 2. The zero-order valence-electron chi connectivity index (χ0n) is 5.56. The van der Waals surface area contributed by atoms with Gasteiger partial charge in [0.2, 0.25) is 0 Å². The fraction of sp³-hybridized carbons (Fsp3) is 0.571. The Labute approximate surface area is 56.3 Å². The molecule has 0 bridgehead atoms. The highest BCUT2D eigenvalue weighted by Crippen LogP contribution is 1.91. The van der Waals surface area contributed by atoms with E-state index in [1.807, 2.05) is 6.08 Å². The Morgan fingerprint density at radius 1 is 1.44 bits per heavy atom. The number of piperazine rings is 1. The first-order chi connectivity index (χ1) is 4.43. The Kier molecular flexibility index (Phi) is 2.74. The van der Waals surface area contributed by atoms with Crippen LogP contribution in [0.4, 0.5) is 0 Å². The zero-order chi connectivity index (χ0) is 6.53. The second kappa shape index (κ2) is 3.64. The number of nitrogens with one attached hydrogen (secondary N) is 2. The smallest absolute Gasteiger partial charge is 0.0261 e. The van der Waals surface area contributed by atoms with E-state index in [1.165, 1.54) is 0 Å². The van der Waals surface area contributed by atoms with Crippen molar-refractivity contribution in [3.8, 4) is 0 Å². The summed E-state index contributed by atoms with van der Waals surface area (Å²) in [6.45, 7) is 6.81. The fourth-order valence-electron chi connectivity index (χ4n) is 0.976. The fourth-order valence-corrected chi connectivity index (χ4v) is 0.976. The van der Waals surface area contributed by atoms with E-state index in [9.17, 15) is 0 Å². The van der Waals surface area contributed by atoms with Crippen molar-refractivity contribution in [1.29, 1.82) is 0 Å². The van der Waals surface area contributed by atoms with Crippen LogP contribution in [0, 0.1) is 6.42 Å². The summed E-state index contributed by atoms with van der Waals surface area (Å²) in [6.07, 6.45) is 3.91. The van der Waals surface area contributed by atoms with E-state index in [0.29, 0.717) is 6.04 Å². The number of hydrogen-bond acceptors (Lipinski definition) is 2. The summed E-state index contributed by atoms with van der Waals surface area (Å²) < 4.78 is 0. The summed E-state index contributed by atoms with van der Waals surface area (Å²) in [5.41, 5.74) is 0. The average Bonchev–Trinajstić information content (AvgIpc) is 1.91. The third-order valence-electron chi connectivity index (χ3n) is 1.44. The molecule has 0 aliphatic carbocycles. The molecule has 0 aromatic carbocycles. The van der Waals surface area contributed by atoms with Gasteiger partial charge in [-0.2, -0.15) is 0 Å². The van der Waals surface area contributed by atoms with Crippen LogP contribution in [0.25, 0.3) is 0 Å². The third-order valence-corrected chi connectivity index (χ3v) is 1.44. The SMILES string of the molecule is C=C[CH][13CH]1CNCCN1. The van der Waals surface area contributed by atoms with Crippen molar-refractivity contribution in [1.82, 2.24) is 10.6 Å². The zero-order valence-corrected chi connectivity index (χ0v) is 5.56. The van der Waals surface area contributed by atoms with Gasteiger partial charge in [0.05, 0.1) is 0 Å². The quantitative estimate of drug-likeness (QED) is 0.506. The molecule has 1 fully saturated rings. The van der Waals surface area contributed by atoms with Crippen molar-refractivity contribution < 1.29 is 0 Å². The molecule has 2 heteroatoms. The van der Waals surface area contributed by atoms with Gasteiger partial charge in [0.25, 0.3) is 0 Å². The highest BCUT2D eigenvalue weighted by Gasteiger charge is 2.08. The molecule has 0 spiro atoms. The van der Waals surface area contributed by atoms with E-state index in [1.54, 1.807) is 0 Å².